The highest BCUT2D eigenvalue weighted by Gasteiger charge is 2.28. The lowest BCUT2D eigenvalue weighted by atomic mass is 9.81. The van der Waals surface area contributed by atoms with Crippen molar-refractivity contribution < 1.29 is 0 Å². The lowest BCUT2D eigenvalue weighted by molar-refractivity contribution is 0.289. The van der Waals surface area contributed by atoms with Gasteiger partial charge in [-0.2, -0.15) is 0 Å². The minimum atomic E-state index is 0.0963. The van der Waals surface area contributed by atoms with Crippen LogP contribution in [0.25, 0.3) is 0 Å². The van der Waals surface area contributed by atoms with Crippen molar-refractivity contribution in [3.05, 3.63) is 30.3 Å². The van der Waals surface area contributed by atoms with Gasteiger partial charge in [-0.05, 0) is 42.1 Å². The summed E-state index contributed by atoms with van der Waals surface area (Å²) in [6, 6.07) is 10.5. The number of halogens is 2. The van der Waals surface area contributed by atoms with Crippen molar-refractivity contribution in [1.82, 2.24) is 0 Å². The molecule has 102 valence electrons. The van der Waals surface area contributed by atoms with E-state index < -0.39 is 0 Å². The van der Waals surface area contributed by atoms with Crippen molar-refractivity contribution in [1.29, 1.82) is 0 Å². The van der Waals surface area contributed by atoms with E-state index in [0.717, 1.165) is 18.6 Å². The Balaban J connectivity index is 2.47. The Labute approximate surface area is 125 Å². The first kappa shape index (κ1) is 16.2. The molecule has 0 heterocycles. The van der Waals surface area contributed by atoms with Gasteiger partial charge in [0.15, 0.2) is 0 Å². The smallest absolute Gasteiger partial charge is 0.0291 e. The molecule has 0 aromatic heterocycles. The number of rotatable bonds is 8. The van der Waals surface area contributed by atoms with E-state index >= 15 is 0 Å². The molecule has 0 radical (unpaired) electrons. The second kappa shape index (κ2) is 8.35. The average Bonchev–Trinajstić information content (AvgIpc) is 2.38. The summed E-state index contributed by atoms with van der Waals surface area (Å²) in [4.78, 5) is 1.32. The van der Waals surface area contributed by atoms with Crippen LogP contribution in [0, 0.1) is 11.3 Å². The van der Waals surface area contributed by atoms with Gasteiger partial charge in [0.05, 0.1) is 0 Å². The van der Waals surface area contributed by atoms with Gasteiger partial charge in [0.25, 0.3) is 0 Å². The summed E-state index contributed by atoms with van der Waals surface area (Å²) >= 11 is 14.2. The third kappa shape index (κ3) is 5.42. The molecule has 0 N–H and O–H groups in total. The maximum atomic E-state index is 6.16. The Bertz CT molecular complexity index is 321. The van der Waals surface area contributed by atoms with Crippen molar-refractivity contribution >= 4 is 35.0 Å². The zero-order valence-corrected chi connectivity index (χ0v) is 13.5. The number of hydrogen-bond acceptors (Lipinski definition) is 1. The predicted molar refractivity (Wildman–Crippen MR) is 85.1 cm³/mol. The molecule has 0 bridgehead atoms. The molecule has 1 aromatic rings. The van der Waals surface area contributed by atoms with Gasteiger partial charge in [-0.15, -0.1) is 35.0 Å². The molecule has 0 saturated heterocycles. The van der Waals surface area contributed by atoms with Crippen LogP contribution in [-0.2, 0) is 0 Å². The standard InChI is InChI=1S/C15H22Cl2S/c1-13(2)10-15(11-16,12-17)8-9-18-14-6-4-3-5-7-14/h3-7,13H,8-12H2,1-2H3. The van der Waals surface area contributed by atoms with Crippen LogP contribution in [-0.4, -0.2) is 17.5 Å². The molecule has 0 fully saturated rings. The van der Waals surface area contributed by atoms with E-state index in [1.54, 1.807) is 0 Å². The molecule has 0 nitrogen and oxygen atoms in total. The van der Waals surface area contributed by atoms with Crippen molar-refractivity contribution in [2.75, 3.05) is 17.5 Å². The van der Waals surface area contributed by atoms with Crippen LogP contribution in [0.5, 0.6) is 0 Å². The first-order valence-electron chi connectivity index (χ1n) is 6.42. The first-order chi connectivity index (χ1) is 8.62. The van der Waals surface area contributed by atoms with Crippen molar-refractivity contribution in [2.45, 2.75) is 31.6 Å². The Morgan fingerprint density at radius 3 is 2.22 bits per heavy atom. The van der Waals surface area contributed by atoms with Crippen LogP contribution in [0.3, 0.4) is 0 Å². The van der Waals surface area contributed by atoms with E-state index in [4.69, 9.17) is 23.2 Å². The van der Waals surface area contributed by atoms with E-state index in [9.17, 15) is 0 Å². The lowest BCUT2D eigenvalue weighted by Crippen LogP contribution is -2.28. The quantitative estimate of drug-likeness (QED) is 0.440. The van der Waals surface area contributed by atoms with Crippen molar-refractivity contribution in [3.63, 3.8) is 0 Å². The largest absolute Gasteiger partial charge is 0.126 e. The van der Waals surface area contributed by atoms with E-state index in [2.05, 4.69) is 38.1 Å². The second-order valence-electron chi connectivity index (χ2n) is 5.28. The third-order valence-corrected chi connectivity index (χ3v) is 5.20. The van der Waals surface area contributed by atoms with Crippen LogP contribution in [0.15, 0.2) is 35.2 Å². The SMILES string of the molecule is CC(C)CC(CCl)(CCl)CCSc1ccccc1. The molecular weight excluding hydrogens is 283 g/mol. The summed E-state index contributed by atoms with van der Waals surface area (Å²) in [5.41, 5.74) is 0.0963. The fourth-order valence-electron chi connectivity index (χ4n) is 2.15. The minimum absolute atomic E-state index is 0.0963. The van der Waals surface area contributed by atoms with Crippen molar-refractivity contribution in [2.24, 2.45) is 11.3 Å². The number of alkyl halides is 2. The summed E-state index contributed by atoms with van der Waals surface area (Å²) < 4.78 is 0. The van der Waals surface area contributed by atoms with Crippen LogP contribution >= 0.6 is 35.0 Å². The van der Waals surface area contributed by atoms with Crippen LogP contribution in [0.2, 0.25) is 0 Å². The molecule has 0 amide bonds. The number of hydrogen-bond donors (Lipinski definition) is 0. The average molecular weight is 305 g/mol. The molecule has 0 saturated carbocycles. The number of thioether (sulfide) groups is 1. The van der Waals surface area contributed by atoms with Gasteiger partial charge in [0, 0.05) is 16.7 Å². The van der Waals surface area contributed by atoms with Gasteiger partial charge in [-0.25, -0.2) is 0 Å². The highest BCUT2D eigenvalue weighted by Crippen LogP contribution is 2.35. The third-order valence-electron chi connectivity index (χ3n) is 3.05. The van der Waals surface area contributed by atoms with Crippen LogP contribution in [0.4, 0.5) is 0 Å². The minimum Gasteiger partial charge on any atom is -0.126 e. The van der Waals surface area contributed by atoms with Gasteiger partial charge in [-0.1, -0.05) is 32.0 Å². The molecule has 0 atom stereocenters. The Morgan fingerprint density at radius 2 is 1.72 bits per heavy atom. The second-order valence-corrected chi connectivity index (χ2v) is 6.98. The first-order valence-corrected chi connectivity index (χ1v) is 8.47. The van der Waals surface area contributed by atoms with E-state index in [1.165, 1.54) is 4.90 Å². The molecule has 0 spiro atoms. The molecular formula is C15H22Cl2S. The van der Waals surface area contributed by atoms with Gasteiger partial charge >= 0.3 is 0 Å². The topological polar surface area (TPSA) is 0 Å². The Morgan fingerprint density at radius 1 is 1.11 bits per heavy atom. The van der Waals surface area contributed by atoms with Gasteiger partial charge in [0.2, 0.25) is 0 Å². The molecule has 0 unspecified atom stereocenters. The molecule has 0 aliphatic rings. The van der Waals surface area contributed by atoms with E-state index in [0.29, 0.717) is 17.7 Å². The molecule has 1 aromatic carbocycles. The summed E-state index contributed by atoms with van der Waals surface area (Å²) in [5.74, 6) is 3.04. The highest BCUT2D eigenvalue weighted by molar-refractivity contribution is 7.99. The van der Waals surface area contributed by atoms with E-state index in [-0.39, 0.29) is 5.41 Å². The zero-order chi connectivity index (χ0) is 13.4. The van der Waals surface area contributed by atoms with Crippen LogP contribution in [0.1, 0.15) is 26.7 Å². The normalized spacial score (nSPS) is 12.1. The Hall–Kier alpha value is 0.150. The fraction of sp³-hybridized carbons (Fsp3) is 0.600. The highest BCUT2D eigenvalue weighted by atomic mass is 35.5. The fourth-order valence-corrected chi connectivity index (χ4v) is 4.04. The lowest BCUT2D eigenvalue weighted by Gasteiger charge is -2.31. The summed E-state index contributed by atoms with van der Waals surface area (Å²) in [6.07, 6.45) is 2.19. The van der Waals surface area contributed by atoms with E-state index in [1.807, 2.05) is 17.8 Å². The molecule has 3 heteroatoms. The number of benzene rings is 1. The summed E-state index contributed by atoms with van der Waals surface area (Å²) in [5, 5.41) is 0. The zero-order valence-electron chi connectivity index (χ0n) is 11.2. The molecule has 0 aliphatic heterocycles. The summed E-state index contributed by atoms with van der Waals surface area (Å²) in [6.45, 7) is 4.47. The van der Waals surface area contributed by atoms with Crippen LogP contribution < -0.4 is 0 Å². The maximum absolute atomic E-state index is 6.16. The van der Waals surface area contributed by atoms with Crippen molar-refractivity contribution in [3.8, 4) is 0 Å². The summed E-state index contributed by atoms with van der Waals surface area (Å²) in [7, 11) is 0. The van der Waals surface area contributed by atoms with Gasteiger partial charge < -0.3 is 0 Å². The molecule has 1 rings (SSSR count). The molecule has 0 aliphatic carbocycles. The van der Waals surface area contributed by atoms with Gasteiger partial charge in [0.1, 0.15) is 0 Å². The maximum Gasteiger partial charge on any atom is 0.0291 e. The Kier molecular flexibility index (Phi) is 7.51. The molecule has 18 heavy (non-hydrogen) atoms. The predicted octanol–water partition coefficient (Wildman–Crippen LogP) is 5.68. The van der Waals surface area contributed by atoms with Gasteiger partial charge in [-0.3, -0.25) is 0 Å². The monoisotopic (exact) mass is 304 g/mol.